The summed E-state index contributed by atoms with van der Waals surface area (Å²) >= 11 is 0. The predicted molar refractivity (Wildman–Crippen MR) is 127 cm³/mol. The molecular formula is C26H24F3N3O6. The Labute approximate surface area is 214 Å². The molecule has 3 aromatic rings. The highest BCUT2D eigenvalue weighted by molar-refractivity contribution is 5.95. The van der Waals surface area contributed by atoms with E-state index >= 15 is 0 Å². The number of amides is 2. The van der Waals surface area contributed by atoms with Crippen molar-refractivity contribution in [3.05, 3.63) is 71.4 Å². The molecule has 3 atom stereocenters. The summed E-state index contributed by atoms with van der Waals surface area (Å²) in [6.45, 7) is 2.17. The first-order valence-electron chi connectivity index (χ1n) is 11.7. The average Bonchev–Trinajstić information content (AvgIpc) is 3.28. The van der Waals surface area contributed by atoms with E-state index in [9.17, 15) is 27.6 Å². The summed E-state index contributed by atoms with van der Waals surface area (Å²) in [4.78, 5) is 40.5. The summed E-state index contributed by atoms with van der Waals surface area (Å²) in [5.41, 5.74) is 4.30. The summed E-state index contributed by atoms with van der Waals surface area (Å²) in [6, 6.07) is 14.8. The van der Waals surface area contributed by atoms with Crippen LogP contribution in [0.1, 0.15) is 34.5 Å². The normalized spacial score (nSPS) is 19.1. The van der Waals surface area contributed by atoms with Crippen LogP contribution in [0.4, 0.5) is 13.2 Å². The number of carbonyl (C=O) groups is 3. The van der Waals surface area contributed by atoms with Crippen LogP contribution < -0.4 is 15.5 Å². The monoisotopic (exact) mass is 531 g/mol. The Morgan fingerprint density at radius 3 is 2.47 bits per heavy atom. The highest BCUT2D eigenvalue weighted by atomic mass is 19.4. The lowest BCUT2D eigenvalue weighted by atomic mass is 10.0. The van der Waals surface area contributed by atoms with E-state index in [1.807, 2.05) is 37.3 Å². The van der Waals surface area contributed by atoms with Crippen molar-refractivity contribution in [3.63, 3.8) is 0 Å². The number of pyridine rings is 1. The maximum Gasteiger partial charge on any atom is 0.490 e. The first-order valence-corrected chi connectivity index (χ1v) is 11.7. The second kappa shape index (κ2) is 11.1. The van der Waals surface area contributed by atoms with E-state index in [-0.39, 0.29) is 25.0 Å². The van der Waals surface area contributed by atoms with Gasteiger partial charge in [0.25, 0.3) is 5.91 Å². The van der Waals surface area contributed by atoms with E-state index in [1.165, 1.54) is 17.6 Å². The Morgan fingerprint density at radius 2 is 1.79 bits per heavy atom. The molecule has 200 valence electrons. The van der Waals surface area contributed by atoms with Gasteiger partial charge in [0, 0.05) is 34.7 Å². The van der Waals surface area contributed by atoms with Gasteiger partial charge < -0.3 is 14.8 Å². The van der Waals surface area contributed by atoms with Crippen molar-refractivity contribution < 1.29 is 42.2 Å². The summed E-state index contributed by atoms with van der Waals surface area (Å²) < 4.78 is 48.0. The first-order chi connectivity index (χ1) is 18.0. The largest absolute Gasteiger partial charge is 0.490 e. The molecule has 2 aromatic carbocycles. The number of carbonyl (C=O) groups excluding carboxylic acids is 3. The molecule has 1 saturated carbocycles. The van der Waals surface area contributed by atoms with Gasteiger partial charge in [-0.3, -0.25) is 19.8 Å². The third-order valence-corrected chi connectivity index (χ3v) is 6.23. The molecular weight excluding hydrogens is 507 g/mol. The number of fused-ring (bicyclic) bond motifs is 1. The van der Waals surface area contributed by atoms with Crippen molar-refractivity contribution in [2.75, 3.05) is 0 Å². The zero-order valence-corrected chi connectivity index (χ0v) is 20.1. The van der Waals surface area contributed by atoms with Crippen molar-refractivity contribution in [1.29, 1.82) is 0 Å². The fourth-order valence-electron chi connectivity index (χ4n) is 4.47. The highest BCUT2D eigenvalue weighted by Crippen LogP contribution is 2.31. The molecule has 0 aliphatic heterocycles. The molecule has 4 rings (SSSR count). The number of halogens is 3. The number of hydroxylamine groups is 1. The first kappa shape index (κ1) is 26.9. The number of aromatic nitrogens is 1. The lowest BCUT2D eigenvalue weighted by Gasteiger charge is -2.19. The van der Waals surface area contributed by atoms with Gasteiger partial charge in [0.2, 0.25) is 5.91 Å². The topological polar surface area (TPSA) is 127 Å². The number of nitrogens with zero attached hydrogens (tertiary/aromatic N) is 1. The van der Waals surface area contributed by atoms with Crippen molar-refractivity contribution in [2.24, 2.45) is 5.92 Å². The molecule has 1 aliphatic carbocycles. The van der Waals surface area contributed by atoms with E-state index in [2.05, 4.69) is 15.0 Å². The molecule has 1 fully saturated rings. The van der Waals surface area contributed by atoms with Crippen LogP contribution in [0.15, 0.2) is 54.6 Å². The van der Waals surface area contributed by atoms with Crippen molar-refractivity contribution in [1.82, 2.24) is 15.8 Å². The minimum Gasteiger partial charge on any atom is -0.489 e. The Balaban J connectivity index is 1.39. The van der Waals surface area contributed by atoms with E-state index < -0.39 is 42.0 Å². The van der Waals surface area contributed by atoms with Gasteiger partial charge in [-0.25, -0.2) is 10.3 Å². The number of para-hydroxylation sites is 1. The number of alkyl halides is 3. The van der Waals surface area contributed by atoms with E-state index in [1.54, 1.807) is 12.1 Å². The molecule has 0 bridgehead atoms. The van der Waals surface area contributed by atoms with Crippen LogP contribution >= 0.6 is 0 Å². The summed E-state index contributed by atoms with van der Waals surface area (Å²) in [7, 11) is 0. The maximum atomic E-state index is 12.8. The third-order valence-electron chi connectivity index (χ3n) is 6.23. The smallest absolute Gasteiger partial charge is 0.489 e. The third kappa shape index (κ3) is 6.20. The van der Waals surface area contributed by atoms with Gasteiger partial charge in [-0.1, -0.05) is 18.2 Å². The Morgan fingerprint density at radius 1 is 1.08 bits per heavy atom. The predicted octanol–water partition coefficient (Wildman–Crippen LogP) is 3.61. The zero-order chi connectivity index (χ0) is 27.4. The fourth-order valence-corrected chi connectivity index (χ4v) is 4.47. The van der Waals surface area contributed by atoms with E-state index in [4.69, 9.17) is 9.94 Å². The van der Waals surface area contributed by atoms with E-state index in [0.717, 1.165) is 22.2 Å². The van der Waals surface area contributed by atoms with Gasteiger partial charge in [-0.2, -0.15) is 13.2 Å². The van der Waals surface area contributed by atoms with Crippen molar-refractivity contribution in [3.8, 4) is 5.75 Å². The minimum atomic E-state index is -5.19. The molecule has 9 nitrogen and oxygen atoms in total. The van der Waals surface area contributed by atoms with Crippen LogP contribution in [0.3, 0.4) is 0 Å². The van der Waals surface area contributed by atoms with Gasteiger partial charge in [0.15, 0.2) is 0 Å². The summed E-state index contributed by atoms with van der Waals surface area (Å²) in [6.07, 6.45) is -6.98. The number of ether oxygens (including phenoxy) is 2. The second-order valence-electron chi connectivity index (χ2n) is 8.91. The molecule has 0 spiro atoms. The molecule has 3 N–H and O–H groups in total. The Kier molecular flexibility index (Phi) is 7.81. The summed E-state index contributed by atoms with van der Waals surface area (Å²) in [5, 5.41) is 12.5. The van der Waals surface area contributed by atoms with Crippen LogP contribution in [-0.2, 0) is 20.9 Å². The van der Waals surface area contributed by atoms with Gasteiger partial charge in [0.1, 0.15) is 18.5 Å². The minimum absolute atomic E-state index is 0.210. The molecule has 0 saturated heterocycles. The standard InChI is InChI=1S/C26H24F3N3O6/c1-14-10-16(19-4-2-3-5-21(19)30-14)13-37-17-8-6-15(7-9-17)23(33)31-22-12-18(11-20(22)24(34)32-36)38-25(35)26(27,28)29/h2-10,18,20,22,36H,11-13H2,1H3,(H,31,33)(H,32,34)/t18-,20+,22-/m1/s1. The summed E-state index contributed by atoms with van der Waals surface area (Å²) in [5.74, 6) is -4.50. The van der Waals surface area contributed by atoms with Gasteiger partial charge in [-0.05, 0) is 49.7 Å². The lowest BCUT2D eigenvalue weighted by Crippen LogP contribution is -2.43. The van der Waals surface area contributed by atoms with Gasteiger partial charge in [-0.15, -0.1) is 0 Å². The van der Waals surface area contributed by atoms with Crippen molar-refractivity contribution in [2.45, 2.75) is 44.7 Å². The Bertz CT molecular complexity index is 1350. The number of benzene rings is 2. The molecule has 1 heterocycles. The van der Waals surface area contributed by atoms with Crippen LogP contribution in [0.5, 0.6) is 5.75 Å². The number of hydrogen-bond donors (Lipinski definition) is 3. The zero-order valence-electron chi connectivity index (χ0n) is 20.1. The number of rotatable bonds is 7. The van der Waals surface area contributed by atoms with Crippen LogP contribution in [0.2, 0.25) is 0 Å². The van der Waals surface area contributed by atoms with Gasteiger partial charge in [0.05, 0.1) is 11.4 Å². The maximum absolute atomic E-state index is 12.8. The molecule has 0 radical (unpaired) electrons. The molecule has 12 heteroatoms. The second-order valence-corrected chi connectivity index (χ2v) is 8.91. The quantitative estimate of drug-likeness (QED) is 0.242. The number of esters is 1. The number of nitrogens with one attached hydrogen (secondary N) is 2. The molecule has 2 amide bonds. The molecule has 38 heavy (non-hydrogen) atoms. The van der Waals surface area contributed by atoms with E-state index in [0.29, 0.717) is 5.75 Å². The van der Waals surface area contributed by atoms with Crippen LogP contribution in [0.25, 0.3) is 10.9 Å². The SMILES string of the molecule is Cc1cc(COc2ccc(C(=O)N[C@@H]3C[C@H](OC(=O)C(F)(F)F)C[C@@H]3C(=O)NO)cc2)c2ccccc2n1. The van der Waals surface area contributed by atoms with Crippen LogP contribution in [-0.4, -0.2) is 46.3 Å². The fraction of sp³-hybridized carbons (Fsp3) is 0.308. The lowest BCUT2D eigenvalue weighted by molar-refractivity contribution is -0.204. The number of aryl methyl sites for hydroxylation is 1. The number of hydrogen-bond acceptors (Lipinski definition) is 7. The molecule has 1 aliphatic rings. The Hall–Kier alpha value is -4.19. The van der Waals surface area contributed by atoms with Crippen LogP contribution in [0, 0.1) is 12.8 Å². The average molecular weight is 531 g/mol. The highest BCUT2D eigenvalue weighted by Gasteiger charge is 2.46. The van der Waals surface area contributed by atoms with Gasteiger partial charge >= 0.3 is 12.1 Å². The molecule has 0 unspecified atom stereocenters. The molecule has 1 aromatic heterocycles. The van der Waals surface area contributed by atoms with Crippen molar-refractivity contribution >= 4 is 28.7 Å².